The van der Waals surface area contributed by atoms with E-state index >= 15 is 0 Å². The average molecular weight is 426 g/mol. The largest absolute Gasteiger partial charge is 0.477 e. The Morgan fingerprint density at radius 2 is 2.12 bits per heavy atom. The number of halogens is 3. The van der Waals surface area contributed by atoms with E-state index in [-0.39, 0.29) is 5.69 Å². The highest BCUT2D eigenvalue weighted by atomic mass is 127. The van der Waals surface area contributed by atoms with E-state index in [4.69, 9.17) is 16.7 Å². The predicted octanol–water partition coefficient (Wildman–Crippen LogP) is 4.20. The maximum Gasteiger partial charge on any atom is 0.352 e. The molecule has 3 nitrogen and oxygen atoms in total. The van der Waals surface area contributed by atoms with Crippen LogP contribution in [0.4, 0.5) is 0 Å². The van der Waals surface area contributed by atoms with Gasteiger partial charge in [0.05, 0.1) is 5.02 Å². The van der Waals surface area contributed by atoms with Crippen molar-refractivity contribution in [2.45, 2.75) is 0 Å². The zero-order valence-electron chi connectivity index (χ0n) is 8.32. The van der Waals surface area contributed by atoms with Gasteiger partial charge in [0.1, 0.15) is 5.69 Å². The van der Waals surface area contributed by atoms with Gasteiger partial charge in [0.25, 0.3) is 0 Å². The zero-order chi connectivity index (χ0) is 12.6. The van der Waals surface area contributed by atoms with Crippen LogP contribution >= 0.6 is 50.1 Å². The molecule has 2 aromatic rings. The lowest BCUT2D eigenvalue weighted by Gasteiger charge is -2.07. The Balaban J connectivity index is 2.59. The van der Waals surface area contributed by atoms with Gasteiger partial charge in [-0.3, -0.25) is 0 Å². The molecule has 0 radical (unpaired) electrons. The molecule has 1 aromatic heterocycles. The maximum atomic E-state index is 11.1. The van der Waals surface area contributed by atoms with Crippen LogP contribution < -0.4 is 0 Å². The summed E-state index contributed by atoms with van der Waals surface area (Å²) in [6.45, 7) is 0. The van der Waals surface area contributed by atoms with Gasteiger partial charge in [-0.1, -0.05) is 11.6 Å². The van der Waals surface area contributed by atoms with Crippen LogP contribution in [-0.2, 0) is 0 Å². The predicted molar refractivity (Wildman–Crippen MR) is 78.2 cm³/mol. The van der Waals surface area contributed by atoms with Gasteiger partial charge < -0.3 is 9.67 Å². The smallest absolute Gasteiger partial charge is 0.352 e. The van der Waals surface area contributed by atoms with Crippen molar-refractivity contribution in [1.82, 2.24) is 4.57 Å². The number of aromatic carboxylic acids is 1. The van der Waals surface area contributed by atoms with Gasteiger partial charge in [-0.25, -0.2) is 4.79 Å². The molecule has 0 bridgehead atoms. The fourth-order valence-corrected chi connectivity index (χ4v) is 2.50. The summed E-state index contributed by atoms with van der Waals surface area (Å²) in [6, 6.07) is 6.89. The van der Waals surface area contributed by atoms with Crippen molar-refractivity contribution in [2.75, 3.05) is 0 Å². The van der Waals surface area contributed by atoms with Crippen molar-refractivity contribution in [3.05, 3.63) is 49.2 Å². The second-order valence-electron chi connectivity index (χ2n) is 3.32. The Kier molecular flexibility index (Phi) is 3.79. The highest BCUT2D eigenvalue weighted by Crippen LogP contribution is 2.26. The van der Waals surface area contributed by atoms with Gasteiger partial charge in [0.2, 0.25) is 0 Å². The van der Waals surface area contributed by atoms with E-state index in [1.54, 1.807) is 35.0 Å². The van der Waals surface area contributed by atoms with Crippen molar-refractivity contribution in [2.24, 2.45) is 0 Å². The summed E-state index contributed by atoms with van der Waals surface area (Å²) in [7, 11) is 0. The Hall–Kier alpha value is -0.530. The van der Waals surface area contributed by atoms with Gasteiger partial charge in [0, 0.05) is 19.9 Å². The minimum absolute atomic E-state index is 0.226. The number of carbonyl (C=O) groups is 1. The Bertz CT molecular complexity index is 597. The van der Waals surface area contributed by atoms with Crippen LogP contribution in [0.2, 0.25) is 5.02 Å². The summed E-state index contributed by atoms with van der Waals surface area (Å²) in [6.07, 6.45) is 1.76. The summed E-state index contributed by atoms with van der Waals surface area (Å²) >= 11 is 11.3. The molecule has 0 spiro atoms. The van der Waals surface area contributed by atoms with Crippen molar-refractivity contribution in [3.63, 3.8) is 0 Å². The summed E-state index contributed by atoms with van der Waals surface area (Å²) in [5, 5.41) is 9.69. The van der Waals surface area contributed by atoms with Gasteiger partial charge in [0.15, 0.2) is 0 Å². The normalized spacial score (nSPS) is 10.5. The molecule has 88 valence electrons. The van der Waals surface area contributed by atoms with E-state index in [2.05, 4.69) is 38.5 Å². The Labute approximate surface area is 125 Å². The molecule has 1 heterocycles. The summed E-state index contributed by atoms with van der Waals surface area (Å²) < 4.78 is 3.22. The molecular weight excluding hydrogens is 420 g/mol. The Morgan fingerprint density at radius 1 is 1.41 bits per heavy atom. The van der Waals surface area contributed by atoms with Crippen LogP contribution in [0.15, 0.2) is 34.9 Å². The molecular formula is C11H6BrClINO2. The third kappa shape index (κ3) is 2.66. The standard InChI is InChI=1S/C11H6BrClINO2/c12-8-4-7(1-2-9(8)13)15-5-6(14)3-10(15)11(16)17/h1-5H,(H,16,17). The molecule has 0 saturated heterocycles. The number of carboxylic acids is 1. The minimum Gasteiger partial charge on any atom is -0.477 e. The number of nitrogens with zero attached hydrogens (tertiary/aromatic N) is 1. The average Bonchev–Trinajstić information content (AvgIpc) is 2.64. The van der Waals surface area contributed by atoms with Crippen LogP contribution in [0, 0.1) is 3.57 Å². The van der Waals surface area contributed by atoms with Crippen molar-refractivity contribution >= 4 is 56.1 Å². The van der Waals surface area contributed by atoms with Crippen LogP contribution in [0.3, 0.4) is 0 Å². The monoisotopic (exact) mass is 425 g/mol. The maximum absolute atomic E-state index is 11.1. The van der Waals surface area contributed by atoms with E-state index in [1.165, 1.54) is 0 Å². The fourth-order valence-electron chi connectivity index (χ4n) is 1.44. The molecule has 0 aliphatic heterocycles. The van der Waals surface area contributed by atoms with Crippen molar-refractivity contribution < 1.29 is 9.90 Å². The van der Waals surface area contributed by atoms with E-state index in [9.17, 15) is 4.79 Å². The van der Waals surface area contributed by atoms with Crippen LogP contribution in [0.5, 0.6) is 0 Å². The van der Waals surface area contributed by atoms with E-state index < -0.39 is 5.97 Å². The van der Waals surface area contributed by atoms with Gasteiger partial charge in [-0.2, -0.15) is 0 Å². The first-order chi connectivity index (χ1) is 7.99. The van der Waals surface area contributed by atoms with Crippen LogP contribution in [0.1, 0.15) is 10.5 Å². The number of aromatic nitrogens is 1. The number of hydrogen-bond donors (Lipinski definition) is 1. The SMILES string of the molecule is O=C(O)c1cc(I)cn1-c1ccc(Cl)c(Br)c1. The molecule has 0 amide bonds. The highest BCUT2D eigenvalue weighted by Gasteiger charge is 2.13. The van der Waals surface area contributed by atoms with Gasteiger partial charge >= 0.3 is 5.97 Å². The molecule has 1 aromatic carbocycles. The lowest BCUT2D eigenvalue weighted by Crippen LogP contribution is -2.05. The first-order valence-corrected chi connectivity index (χ1v) is 6.80. The fraction of sp³-hybridized carbons (Fsp3) is 0. The Morgan fingerprint density at radius 3 is 2.71 bits per heavy atom. The van der Waals surface area contributed by atoms with E-state index in [1.807, 2.05) is 0 Å². The van der Waals surface area contributed by atoms with E-state index in [0.29, 0.717) is 5.02 Å². The quantitative estimate of drug-likeness (QED) is 0.732. The molecule has 0 aliphatic carbocycles. The molecule has 17 heavy (non-hydrogen) atoms. The van der Waals surface area contributed by atoms with Crippen molar-refractivity contribution in [3.8, 4) is 5.69 Å². The van der Waals surface area contributed by atoms with Gasteiger partial charge in [-0.15, -0.1) is 0 Å². The second-order valence-corrected chi connectivity index (χ2v) is 5.82. The molecule has 6 heteroatoms. The molecule has 1 N–H and O–H groups in total. The molecule has 0 saturated carbocycles. The van der Waals surface area contributed by atoms with Crippen LogP contribution in [-0.4, -0.2) is 15.6 Å². The number of carboxylic acid groups (broad SMARTS) is 1. The lowest BCUT2D eigenvalue weighted by molar-refractivity contribution is 0.0688. The molecule has 0 aliphatic rings. The first kappa shape index (κ1) is 12.9. The first-order valence-electron chi connectivity index (χ1n) is 4.55. The summed E-state index contributed by atoms with van der Waals surface area (Å²) in [5.41, 5.74) is 0.977. The summed E-state index contributed by atoms with van der Waals surface area (Å²) in [4.78, 5) is 11.1. The topological polar surface area (TPSA) is 42.2 Å². The van der Waals surface area contributed by atoms with Gasteiger partial charge in [-0.05, 0) is 62.8 Å². The zero-order valence-corrected chi connectivity index (χ0v) is 12.8. The molecule has 0 fully saturated rings. The summed E-state index contributed by atoms with van der Waals surface area (Å²) in [5.74, 6) is -0.959. The highest BCUT2D eigenvalue weighted by molar-refractivity contribution is 14.1. The number of rotatable bonds is 2. The van der Waals surface area contributed by atoms with E-state index in [0.717, 1.165) is 13.7 Å². The van der Waals surface area contributed by atoms with Crippen LogP contribution in [0.25, 0.3) is 5.69 Å². The number of hydrogen-bond acceptors (Lipinski definition) is 1. The lowest BCUT2D eigenvalue weighted by atomic mass is 10.3. The third-order valence-corrected chi connectivity index (χ3v) is 3.99. The minimum atomic E-state index is -0.959. The second kappa shape index (κ2) is 4.99. The molecule has 2 rings (SSSR count). The van der Waals surface area contributed by atoms with Crippen molar-refractivity contribution in [1.29, 1.82) is 0 Å². The molecule has 0 unspecified atom stereocenters. The molecule has 0 atom stereocenters. The third-order valence-electron chi connectivity index (χ3n) is 2.19. The number of benzene rings is 1.